The summed E-state index contributed by atoms with van der Waals surface area (Å²) in [4.78, 5) is 26.7. The SMILES string of the molecule is CCOC(=O)c1cnn(-c2ccc(C(=O)NCC[C@@H](C)N3CCCC3)cc2)c1N. The molecule has 0 radical (unpaired) electrons. The first-order valence-corrected chi connectivity index (χ1v) is 10.1. The third kappa shape index (κ3) is 4.95. The molecule has 8 heteroatoms. The number of nitrogen functional groups attached to an aromatic ring is 1. The molecule has 1 fully saturated rings. The van der Waals surface area contributed by atoms with E-state index in [9.17, 15) is 9.59 Å². The summed E-state index contributed by atoms with van der Waals surface area (Å²) in [7, 11) is 0. The normalized spacial score (nSPS) is 15.2. The van der Waals surface area contributed by atoms with Gasteiger partial charge >= 0.3 is 5.97 Å². The lowest BCUT2D eigenvalue weighted by Crippen LogP contribution is -2.34. The number of hydrogen-bond acceptors (Lipinski definition) is 6. The molecule has 3 rings (SSSR count). The Balaban J connectivity index is 1.57. The number of anilines is 1. The van der Waals surface area contributed by atoms with Crippen LogP contribution in [-0.2, 0) is 4.74 Å². The molecule has 0 bridgehead atoms. The predicted octanol–water partition coefficient (Wildman–Crippen LogP) is 2.24. The number of likely N-dealkylation sites (tertiary alicyclic amines) is 1. The van der Waals surface area contributed by atoms with Crippen molar-refractivity contribution in [1.82, 2.24) is 20.0 Å². The van der Waals surface area contributed by atoms with Crippen molar-refractivity contribution in [3.05, 3.63) is 41.6 Å². The second-order valence-electron chi connectivity index (χ2n) is 7.26. The molecule has 0 aliphatic carbocycles. The van der Waals surface area contributed by atoms with Gasteiger partial charge in [0.2, 0.25) is 0 Å². The van der Waals surface area contributed by atoms with Crippen LogP contribution in [0.2, 0.25) is 0 Å². The van der Waals surface area contributed by atoms with Gasteiger partial charge in [-0.15, -0.1) is 0 Å². The van der Waals surface area contributed by atoms with Gasteiger partial charge in [0.05, 0.1) is 18.5 Å². The lowest BCUT2D eigenvalue weighted by molar-refractivity contribution is 0.0527. The van der Waals surface area contributed by atoms with Crippen molar-refractivity contribution in [2.75, 3.05) is 32.0 Å². The van der Waals surface area contributed by atoms with Gasteiger partial charge in [0.25, 0.3) is 5.91 Å². The fourth-order valence-corrected chi connectivity index (χ4v) is 3.55. The van der Waals surface area contributed by atoms with Gasteiger partial charge in [0, 0.05) is 18.2 Å². The highest BCUT2D eigenvalue weighted by Crippen LogP contribution is 2.19. The van der Waals surface area contributed by atoms with Gasteiger partial charge in [-0.1, -0.05) is 0 Å². The van der Waals surface area contributed by atoms with Gasteiger partial charge in [0.15, 0.2) is 0 Å². The van der Waals surface area contributed by atoms with Crippen molar-refractivity contribution in [2.24, 2.45) is 0 Å². The van der Waals surface area contributed by atoms with E-state index in [-0.39, 0.29) is 23.9 Å². The van der Waals surface area contributed by atoms with Crippen LogP contribution in [0.3, 0.4) is 0 Å². The minimum Gasteiger partial charge on any atom is -0.462 e. The van der Waals surface area contributed by atoms with Crippen LogP contribution in [0.1, 0.15) is 53.8 Å². The van der Waals surface area contributed by atoms with Gasteiger partial charge < -0.3 is 20.7 Å². The summed E-state index contributed by atoms with van der Waals surface area (Å²) in [6.45, 7) is 7.17. The molecule has 1 aliphatic heterocycles. The number of esters is 1. The Kier molecular flexibility index (Phi) is 6.87. The van der Waals surface area contributed by atoms with Crippen molar-refractivity contribution < 1.29 is 14.3 Å². The average molecular weight is 399 g/mol. The number of aromatic nitrogens is 2. The minimum atomic E-state index is -0.504. The maximum Gasteiger partial charge on any atom is 0.343 e. The highest BCUT2D eigenvalue weighted by atomic mass is 16.5. The topological polar surface area (TPSA) is 102 Å². The van der Waals surface area contributed by atoms with Gasteiger partial charge in [-0.2, -0.15) is 5.10 Å². The summed E-state index contributed by atoms with van der Waals surface area (Å²) < 4.78 is 6.42. The molecular formula is C21H29N5O3. The van der Waals surface area contributed by atoms with Gasteiger partial charge in [-0.25, -0.2) is 9.48 Å². The number of hydrogen-bond donors (Lipinski definition) is 2. The zero-order valence-electron chi connectivity index (χ0n) is 17.1. The molecule has 0 spiro atoms. The first-order valence-electron chi connectivity index (χ1n) is 10.1. The Morgan fingerprint density at radius 2 is 1.93 bits per heavy atom. The molecule has 0 saturated carbocycles. The Bertz CT molecular complexity index is 841. The standard InChI is InChI=1S/C21H29N5O3/c1-3-29-21(28)18-14-24-26(19(18)22)17-8-6-16(7-9-17)20(27)23-11-10-15(2)25-12-4-5-13-25/h6-9,14-15H,3-5,10-13,22H2,1-2H3,(H,23,27)/t15-/m1/s1. The van der Waals surface area contributed by atoms with Gasteiger partial charge in [-0.05, 0) is 70.5 Å². The van der Waals surface area contributed by atoms with Crippen LogP contribution in [0.25, 0.3) is 5.69 Å². The van der Waals surface area contributed by atoms with E-state index in [1.807, 2.05) is 0 Å². The molecule has 3 N–H and O–H groups in total. The second-order valence-corrected chi connectivity index (χ2v) is 7.26. The molecule has 156 valence electrons. The van der Waals surface area contributed by atoms with E-state index in [0.29, 0.717) is 23.8 Å². The number of carbonyl (C=O) groups excluding carboxylic acids is 2. The zero-order valence-corrected chi connectivity index (χ0v) is 17.1. The van der Waals surface area contributed by atoms with E-state index in [1.165, 1.54) is 23.7 Å². The number of ether oxygens (including phenoxy) is 1. The lowest BCUT2D eigenvalue weighted by Gasteiger charge is -2.23. The van der Waals surface area contributed by atoms with Crippen LogP contribution >= 0.6 is 0 Å². The van der Waals surface area contributed by atoms with Crippen LogP contribution in [0.5, 0.6) is 0 Å². The number of nitrogens with one attached hydrogen (secondary N) is 1. The lowest BCUT2D eigenvalue weighted by atomic mass is 10.1. The Labute approximate surface area is 171 Å². The van der Waals surface area contributed by atoms with Crippen LogP contribution < -0.4 is 11.1 Å². The molecule has 0 unspecified atom stereocenters. The van der Waals surface area contributed by atoms with Crippen LogP contribution in [0, 0.1) is 0 Å². The first kappa shape index (κ1) is 20.9. The van der Waals surface area contributed by atoms with E-state index in [4.69, 9.17) is 10.5 Å². The highest BCUT2D eigenvalue weighted by molar-refractivity contribution is 5.95. The van der Waals surface area contributed by atoms with E-state index >= 15 is 0 Å². The third-order valence-corrected chi connectivity index (χ3v) is 5.29. The molecule has 1 aromatic heterocycles. The molecule has 1 aromatic carbocycles. The maximum atomic E-state index is 12.4. The third-order valence-electron chi connectivity index (χ3n) is 5.29. The second kappa shape index (κ2) is 9.56. The molecule has 2 heterocycles. The summed E-state index contributed by atoms with van der Waals surface area (Å²) in [5.41, 5.74) is 7.48. The number of rotatable bonds is 8. The van der Waals surface area contributed by atoms with Crippen molar-refractivity contribution in [3.63, 3.8) is 0 Å². The smallest absolute Gasteiger partial charge is 0.343 e. The van der Waals surface area contributed by atoms with Crippen LogP contribution in [0.15, 0.2) is 30.5 Å². The summed E-state index contributed by atoms with van der Waals surface area (Å²) >= 11 is 0. The maximum absolute atomic E-state index is 12.4. The molecule has 29 heavy (non-hydrogen) atoms. The van der Waals surface area contributed by atoms with E-state index < -0.39 is 5.97 Å². The quantitative estimate of drug-likeness (QED) is 0.660. The predicted molar refractivity (Wildman–Crippen MR) is 111 cm³/mol. The van der Waals surface area contributed by atoms with Crippen molar-refractivity contribution in [3.8, 4) is 5.69 Å². The minimum absolute atomic E-state index is 0.106. The van der Waals surface area contributed by atoms with Gasteiger partial charge in [0.1, 0.15) is 11.4 Å². The molecule has 1 atom stereocenters. The molecule has 8 nitrogen and oxygen atoms in total. The zero-order chi connectivity index (χ0) is 20.8. The average Bonchev–Trinajstić information content (AvgIpc) is 3.38. The number of nitrogens with zero attached hydrogens (tertiary/aromatic N) is 3. The fraction of sp³-hybridized carbons (Fsp3) is 0.476. The summed E-state index contributed by atoms with van der Waals surface area (Å²) in [6, 6.07) is 7.43. The fourth-order valence-electron chi connectivity index (χ4n) is 3.55. The van der Waals surface area contributed by atoms with E-state index in [0.717, 1.165) is 19.5 Å². The number of carbonyl (C=O) groups is 2. The number of benzene rings is 1. The van der Waals surface area contributed by atoms with Gasteiger partial charge in [-0.3, -0.25) is 4.79 Å². The largest absolute Gasteiger partial charge is 0.462 e. The molecule has 1 saturated heterocycles. The summed E-state index contributed by atoms with van der Waals surface area (Å²) in [6.07, 6.45) is 4.86. The first-order chi connectivity index (χ1) is 14.0. The van der Waals surface area contributed by atoms with Crippen molar-refractivity contribution in [1.29, 1.82) is 0 Å². The van der Waals surface area contributed by atoms with Crippen molar-refractivity contribution >= 4 is 17.7 Å². The van der Waals surface area contributed by atoms with E-state index in [1.54, 1.807) is 31.2 Å². The molecule has 2 aromatic rings. The summed E-state index contributed by atoms with van der Waals surface area (Å²) in [5.74, 6) is -0.405. The van der Waals surface area contributed by atoms with Crippen molar-refractivity contribution in [2.45, 2.75) is 39.2 Å². The molecule has 1 amide bonds. The Hall–Kier alpha value is -2.87. The highest BCUT2D eigenvalue weighted by Gasteiger charge is 2.19. The monoisotopic (exact) mass is 399 g/mol. The molecule has 1 aliphatic rings. The van der Waals surface area contributed by atoms with Crippen LogP contribution in [-0.4, -0.2) is 58.8 Å². The van der Waals surface area contributed by atoms with E-state index in [2.05, 4.69) is 22.2 Å². The summed E-state index contributed by atoms with van der Waals surface area (Å²) in [5, 5.41) is 7.14. The number of amides is 1. The Morgan fingerprint density at radius 1 is 1.24 bits per heavy atom. The van der Waals surface area contributed by atoms with Crippen LogP contribution in [0.4, 0.5) is 5.82 Å². The molecular weight excluding hydrogens is 370 g/mol. The Morgan fingerprint density at radius 3 is 2.59 bits per heavy atom. The number of nitrogens with two attached hydrogens (primary N) is 1.